The second-order valence-corrected chi connectivity index (χ2v) is 3.70. The van der Waals surface area contributed by atoms with Crippen LogP contribution in [0, 0.1) is 11.3 Å². The van der Waals surface area contributed by atoms with Crippen LogP contribution in [0.1, 0.15) is 11.4 Å². The van der Waals surface area contributed by atoms with E-state index >= 15 is 0 Å². The Labute approximate surface area is 94.0 Å². The van der Waals surface area contributed by atoms with Crippen molar-refractivity contribution in [3.8, 4) is 6.07 Å². The van der Waals surface area contributed by atoms with Crippen LogP contribution in [-0.2, 0) is 0 Å². The van der Waals surface area contributed by atoms with Crippen molar-refractivity contribution in [2.45, 2.75) is 0 Å². The van der Waals surface area contributed by atoms with Gasteiger partial charge >= 0.3 is 0 Å². The number of nitrogens with zero attached hydrogens (tertiary/aromatic N) is 4. The van der Waals surface area contributed by atoms with Crippen molar-refractivity contribution in [1.82, 2.24) is 14.5 Å². The van der Waals surface area contributed by atoms with E-state index in [9.17, 15) is 0 Å². The summed E-state index contributed by atoms with van der Waals surface area (Å²) in [4.78, 5) is 1.94. The van der Waals surface area contributed by atoms with Crippen molar-refractivity contribution in [2.75, 3.05) is 14.1 Å². The van der Waals surface area contributed by atoms with Crippen molar-refractivity contribution in [2.24, 2.45) is 0 Å². The summed E-state index contributed by atoms with van der Waals surface area (Å²) < 4.78 is 1.65. The molecule has 4 nitrogen and oxygen atoms in total. The van der Waals surface area contributed by atoms with Gasteiger partial charge in [-0.15, -0.1) is 0 Å². The first kappa shape index (κ1) is 10.2. The van der Waals surface area contributed by atoms with Gasteiger partial charge in [0.2, 0.25) is 0 Å². The third kappa shape index (κ3) is 1.89. The van der Waals surface area contributed by atoms with Gasteiger partial charge < -0.3 is 4.90 Å². The highest BCUT2D eigenvalue weighted by Gasteiger charge is 2.01. The Kier molecular flexibility index (Phi) is 2.61. The molecule has 2 aromatic heterocycles. The van der Waals surface area contributed by atoms with Crippen molar-refractivity contribution in [3.05, 3.63) is 41.9 Å². The molecule has 0 saturated heterocycles. The molecular formula is C12H12N4. The van der Waals surface area contributed by atoms with Gasteiger partial charge in [0.05, 0.1) is 11.2 Å². The molecule has 2 rings (SSSR count). The fraction of sp³-hybridized carbons (Fsp3) is 0.167. The summed E-state index contributed by atoms with van der Waals surface area (Å²) in [7, 11) is 3.90. The minimum Gasteiger partial charge on any atom is -0.383 e. The van der Waals surface area contributed by atoms with Gasteiger partial charge in [-0.3, -0.25) is 0 Å². The van der Waals surface area contributed by atoms with Gasteiger partial charge in [-0.05, 0) is 30.3 Å². The third-order valence-electron chi connectivity index (χ3n) is 2.18. The van der Waals surface area contributed by atoms with Gasteiger partial charge in [0.15, 0.2) is 0 Å². The highest BCUT2D eigenvalue weighted by molar-refractivity contribution is 5.54. The van der Waals surface area contributed by atoms with Crippen LogP contribution in [-0.4, -0.2) is 28.6 Å². The molecule has 0 unspecified atom stereocenters. The maximum Gasteiger partial charge on any atom is 0.142 e. The van der Waals surface area contributed by atoms with Crippen molar-refractivity contribution >= 4 is 11.6 Å². The Hall–Kier alpha value is -2.28. The molecule has 80 valence electrons. The molecule has 0 fully saturated rings. The zero-order valence-electron chi connectivity index (χ0n) is 9.25. The van der Waals surface area contributed by atoms with Gasteiger partial charge in [-0.2, -0.15) is 10.4 Å². The fourth-order valence-electron chi connectivity index (χ4n) is 1.40. The molecule has 0 aliphatic heterocycles. The molecular weight excluding hydrogens is 200 g/mol. The lowest BCUT2D eigenvalue weighted by atomic mass is 10.3. The van der Waals surface area contributed by atoms with E-state index in [2.05, 4.69) is 11.2 Å². The van der Waals surface area contributed by atoms with Gasteiger partial charge in [-0.1, -0.05) is 0 Å². The molecule has 2 aromatic rings. The molecule has 0 bridgehead atoms. The smallest absolute Gasteiger partial charge is 0.142 e. The maximum atomic E-state index is 8.90. The molecule has 16 heavy (non-hydrogen) atoms. The van der Waals surface area contributed by atoms with Gasteiger partial charge in [0, 0.05) is 20.3 Å². The van der Waals surface area contributed by atoms with E-state index in [1.54, 1.807) is 10.6 Å². The zero-order chi connectivity index (χ0) is 11.5. The summed E-state index contributed by atoms with van der Waals surface area (Å²) >= 11 is 0. The van der Waals surface area contributed by atoms with Crippen LogP contribution in [0.2, 0.25) is 0 Å². The quantitative estimate of drug-likeness (QED) is 0.761. The van der Waals surface area contributed by atoms with E-state index in [0.29, 0.717) is 5.69 Å². The van der Waals surface area contributed by atoms with Gasteiger partial charge in [-0.25, -0.2) is 4.52 Å². The molecule has 0 aromatic carbocycles. The Bertz CT molecular complexity index is 572. The Balaban J connectivity index is 2.46. The second kappa shape index (κ2) is 4.07. The van der Waals surface area contributed by atoms with Crippen LogP contribution in [0.3, 0.4) is 0 Å². The summed E-state index contributed by atoms with van der Waals surface area (Å²) in [6.45, 7) is 0. The fourth-order valence-corrected chi connectivity index (χ4v) is 1.40. The summed E-state index contributed by atoms with van der Waals surface area (Å²) in [5, 5.41) is 13.3. The highest BCUT2D eigenvalue weighted by Crippen LogP contribution is 2.09. The number of fused-ring (bicyclic) bond motifs is 1. The zero-order valence-corrected chi connectivity index (χ0v) is 9.25. The van der Waals surface area contributed by atoms with Crippen LogP contribution >= 0.6 is 0 Å². The average molecular weight is 212 g/mol. The van der Waals surface area contributed by atoms with Crippen LogP contribution in [0.4, 0.5) is 0 Å². The van der Waals surface area contributed by atoms with E-state index in [1.807, 2.05) is 49.5 Å². The molecule has 0 spiro atoms. The van der Waals surface area contributed by atoms with E-state index in [-0.39, 0.29) is 0 Å². The van der Waals surface area contributed by atoms with Crippen molar-refractivity contribution in [3.63, 3.8) is 0 Å². The number of aromatic nitrogens is 2. The Morgan fingerprint density at radius 3 is 2.75 bits per heavy atom. The van der Waals surface area contributed by atoms with Crippen LogP contribution in [0.25, 0.3) is 11.6 Å². The molecule has 0 radical (unpaired) electrons. The predicted octanol–water partition coefficient (Wildman–Crippen LogP) is 1.74. The number of nitriles is 1. The minimum atomic E-state index is 0.551. The lowest BCUT2D eigenvalue weighted by Gasteiger charge is -2.03. The first-order valence-electron chi connectivity index (χ1n) is 4.94. The average Bonchev–Trinajstić information content (AvgIpc) is 2.68. The predicted molar refractivity (Wildman–Crippen MR) is 62.6 cm³/mol. The highest BCUT2D eigenvalue weighted by atomic mass is 15.2. The number of hydrogen-bond acceptors (Lipinski definition) is 3. The SMILES string of the molecule is CN(C)/C=C/c1ccc2ccc(C#N)n2n1. The minimum absolute atomic E-state index is 0.551. The van der Waals surface area contributed by atoms with Crippen LogP contribution in [0.5, 0.6) is 0 Å². The number of hydrogen-bond donors (Lipinski definition) is 0. The second-order valence-electron chi connectivity index (χ2n) is 3.70. The molecule has 0 atom stereocenters. The molecule has 4 heteroatoms. The van der Waals surface area contributed by atoms with E-state index in [1.165, 1.54) is 0 Å². The van der Waals surface area contributed by atoms with E-state index in [4.69, 9.17) is 5.26 Å². The first-order chi connectivity index (χ1) is 7.70. The number of rotatable bonds is 2. The monoisotopic (exact) mass is 212 g/mol. The lowest BCUT2D eigenvalue weighted by Crippen LogP contribution is -2.01. The topological polar surface area (TPSA) is 44.3 Å². The normalized spacial score (nSPS) is 10.8. The molecule has 0 N–H and O–H groups in total. The van der Waals surface area contributed by atoms with Crippen molar-refractivity contribution < 1.29 is 0 Å². The standard InChI is InChI=1S/C12H12N4/c1-15(2)8-7-10-3-4-11-5-6-12(9-13)16(11)14-10/h3-8H,1-2H3/b8-7+. The van der Waals surface area contributed by atoms with Crippen LogP contribution in [0.15, 0.2) is 30.5 Å². The maximum absolute atomic E-state index is 8.90. The molecule has 0 aliphatic carbocycles. The first-order valence-corrected chi connectivity index (χ1v) is 4.94. The summed E-state index contributed by atoms with van der Waals surface area (Å²) in [6, 6.07) is 9.63. The van der Waals surface area contributed by atoms with Gasteiger partial charge in [0.25, 0.3) is 0 Å². The molecule has 0 saturated carbocycles. The van der Waals surface area contributed by atoms with E-state index < -0.39 is 0 Å². The largest absolute Gasteiger partial charge is 0.383 e. The summed E-state index contributed by atoms with van der Waals surface area (Å²) in [6.07, 6.45) is 3.82. The third-order valence-corrected chi connectivity index (χ3v) is 2.18. The Morgan fingerprint density at radius 1 is 1.31 bits per heavy atom. The van der Waals surface area contributed by atoms with E-state index in [0.717, 1.165) is 11.2 Å². The van der Waals surface area contributed by atoms with Crippen LogP contribution < -0.4 is 0 Å². The summed E-state index contributed by atoms with van der Waals surface area (Å²) in [5.74, 6) is 0. The lowest BCUT2D eigenvalue weighted by molar-refractivity contribution is 0.567. The molecule has 0 amide bonds. The van der Waals surface area contributed by atoms with Gasteiger partial charge in [0.1, 0.15) is 11.8 Å². The van der Waals surface area contributed by atoms with Crippen molar-refractivity contribution in [1.29, 1.82) is 5.26 Å². The Morgan fingerprint density at radius 2 is 2.06 bits per heavy atom. The summed E-state index contributed by atoms with van der Waals surface area (Å²) in [5.41, 5.74) is 2.31. The molecule has 2 heterocycles. The molecule has 0 aliphatic rings.